The van der Waals surface area contributed by atoms with Crippen molar-refractivity contribution in [3.05, 3.63) is 35.5 Å². The van der Waals surface area contributed by atoms with E-state index >= 15 is 0 Å². The molecule has 1 saturated heterocycles. The number of carboxylic acids is 1. The number of fused-ring (bicyclic) bond motifs is 3. The van der Waals surface area contributed by atoms with E-state index in [4.69, 9.17) is 9.47 Å². The molecule has 0 radical (unpaired) electrons. The number of aliphatic carboxylic acids is 1. The van der Waals surface area contributed by atoms with Crippen molar-refractivity contribution in [1.29, 1.82) is 0 Å². The van der Waals surface area contributed by atoms with Gasteiger partial charge in [-0.15, -0.1) is 0 Å². The summed E-state index contributed by atoms with van der Waals surface area (Å²) in [6.07, 6.45) is 3.00. The van der Waals surface area contributed by atoms with E-state index in [1.54, 1.807) is 6.20 Å². The van der Waals surface area contributed by atoms with Gasteiger partial charge in [0, 0.05) is 42.9 Å². The summed E-state index contributed by atoms with van der Waals surface area (Å²) in [5, 5.41) is 11.8. The Hall–Kier alpha value is -3.00. The van der Waals surface area contributed by atoms with Crippen LogP contribution in [0, 0.1) is 24.2 Å². The Balaban J connectivity index is 1.73. The summed E-state index contributed by atoms with van der Waals surface area (Å²) in [7, 11) is 0. The molecule has 1 aromatic heterocycles. The number of hydrogen-bond acceptors (Lipinski definition) is 6. The van der Waals surface area contributed by atoms with Crippen molar-refractivity contribution in [3.63, 3.8) is 0 Å². The molecule has 2 aliphatic rings. The van der Waals surface area contributed by atoms with Crippen LogP contribution in [-0.2, 0) is 25.5 Å². The fraction of sp³-hybridized carbons (Fsp3) is 0.586. The number of carbonyl (C=O) groups excluding carboxylic acids is 2. The van der Waals surface area contributed by atoms with Gasteiger partial charge in [0.2, 0.25) is 11.8 Å². The number of hydrogen-bond donors (Lipinski definition) is 1. The fourth-order valence-corrected chi connectivity index (χ4v) is 5.32. The largest absolute Gasteiger partial charge is 0.480 e. The Labute approximate surface area is 218 Å². The molecule has 0 spiro atoms. The van der Waals surface area contributed by atoms with Crippen LogP contribution < -0.4 is 4.74 Å². The second-order valence-corrected chi connectivity index (χ2v) is 11.6. The van der Waals surface area contributed by atoms with Gasteiger partial charge in [-0.1, -0.05) is 33.8 Å². The third-order valence-electron chi connectivity index (χ3n) is 7.69. The lowest BCUT2D eigenvalue weighted by Crippen LogP contribution is -2.47. The molecule has 3 heterocycles. The van der Waals surface area contributed by atoms with Crippen molar-refractivity contribution >= 4 is 28.4 Å². The molecule has 8 heteroatoms. The summed E-state index contributed by atoms with van der Waals surface area (Å²) in [5.74, 6) is -2.00. The zero-order chi connectivity index (χ0) is 26.9. The number of benzene rings is 1. The summed E-state index contributed by atoms with van der Waals surface area (Å²) in [5.41, 5.74) is 1.81. The number of ether oxygens (including phenoxy) is 2. The summed E-state index contributed by atoms with van der Waals surface area (Å²) >= 11 is 0. The highest BCUT2D eigenvalue weighted by atomic mass is 16.5. The summed E-state index contributed by atoms with van der Waals surface area (Å²) < 4.78 is 12.1. The zero-order valence-corrected chi connectivity index (χ0v) is 22.5. The Kier molecular flexibility index (Phi) is 7.88. The average molecular weight is 511 g/mol. The number of rotatable bonds is 1. The first-order valence-electron chi connectivity index (χ1n) is 13.1. The predicted octanol–water partition coefficient (Wildman–Crippen LogP) is 4.20. The molecule has 1 amide bonds. The van der Waals surface area contributed by atoms with E-state index in [1.165, 1.54) is 16.0 Å². The molecule has 0 aliphatic carbocycles. The minimum atomic E-state index is -1.07. The number of carbonyl (C=O) groups is 3. The molecule has 37 heavy (non-hydrogen) atoms. The third-order valence-corrected chi connectivity index (χ3v) is 7.69. The molecule has 2 aromatic rings. The standard InChI is InChI=1S/C29H38N2O6/c1-17-11-20-8-9-30-26-22(20)12-19(17)7-6-10-36-16-18(2)25(32)14-23(29(3,4)5)27(33)31-15-21(37-26)13-24(31)28(34)35/h8-9,11-12,18,21,23-24H,6-7,10,13-16H2,1-5H3,(H,34,35)/t18-,21+,23+,24-/m0/s1. The van der Waals surface area contributed by atoms with Gasteiger partial charge in [0.05, 0.1) is 13.2 Å². The highest BCUT2D eigenvalue weighted by Gasteiger charge is 2.46. The second-order valence-electron chi connectivity index (χ2n) is 11.6. The van der Waals surface area contributed by atoms with Crippen LogP contribution in [0.25, 0.3) is 10.8 Å². The van der Waals surface area contributed by atoms with Crippen LogP contribution in [0.1, 0.15) is 58.1 Å². The lowest BCUT2D eigenvalue weighted by Gasteiger charge is -2.34. The highest BCUT2D eigenvalue weighted by Crippen LogP contribution is 2.35. The smallest absolute Gasteiger partial charge is 0.326 e. The SMILES string of the molecule is Cc1cc2ccnc3c2cc1CCCOC[C@H](C)C(=O)C[C@@H](C(C)(C)C)C(=O)N1C[C@@H](C[C@H]1C(=O)O)O3. The molecular formula is C29H38N2O6. The predicted molar refractivity (Wildman–Crippen MR) is 140 cm³/mol. The minimum Gasteiger partial charge on any atom is -0.480 e. The van der Waals surface area contributed by atoms with Crippen molar-refractivity contribution < 1.29 is 29.0 Å². The van der Waals surface area contributed by atoms with Gasteiger partial charge >= 0.3 is 5.97 Å². The van der Waals surface area contributed by atoms with Gasteiger partial charge in [-0.05, 0) is 53.8 Å². The maximum atomic E-state index is 13.8. The number of aryl methyl sites for hydroxylation is 2. The molecule has 4 rings (SSSR count). The van der Waals surface area contributed by atoms with Crippen LogP contribution in [0.5, 0.6) is 5.88 Å². The molecule has 4 atom stereocenters. The average Bonchev–Trinajstić information content (AvgIpc) is 3.25. The molecule has 1 fully saturated rings. The Bertz CT molecular complexity index is 1190. The molecule has 8 nitrogen and oxygen atoms in total. The number of pyridine rings is 1. The van der Waals surface area contributed by atoms with Gasteiger partial charge in [-0.25, -0.2) is 9.78 Å². The molecule has 4 bridgehead atoms. The van der Waals surface area contributed by atoms with Crippen molar-refractivity contribution in [1.82, 2.24) is 9.88 Å². The van der Waals surface area contributed by atoms with Crippen LogP contribution >= 0.6 is 0 Å². The number of ketones is 1. The van der Waals surface area contributed by atoms with Crippen LogP contribution in [0.2, 0.25) is 0 Å². The normalized spacial score (nSPS) is 26.1. The maximum absolute atomic E-state index is 13.8. The number of nitrogens with zero attached hydrogens (tertiary/aromatic N) is 2. The van der Waals surface area contributed by atoms with Gasteiger partial charge < -0.3 is 19.5 Å². The topological polar surface area (TPSA) is 106 Å². The first-order chi connectivity index (χ1) is 17.5. The van der Waals surface area contributed by atoms with E-state index in [0.29, 0.717) is 19.1 Å². The second kappa shape index (κ2) is 10.8. The molecule has 0 unspecified atom stereocenters. The molecular weight excluding hydrogens is 472 g/mol. The number of aromatic nitrogens is 1. The monoisotopic (exact) mass is 510 g/mol. The molecule has 2 aliphatic heterocycles. The minimum absolute atomic E-state index is 0.0475. The van der Waals surface area contributed by atoms with Crippen LogP contribution in [0.4, 0.5) is 0 Å². The zero-order valence-electron chi connectivity index (χ0n) is 22.5. The highest BCUT2D eigenvalue weighted by molar-refractivity contribution is 5.91. The van der Waals surface area contributed by atoms with Gasteiger partial charge in [0.15, 0.2) is 0 Å². The van der Waals surface area contributed by atoms with Gasteiger partial charge in [0.25, 0.3) is 0 Å². The number of Topliss-reactive ketones (excluding diaryl/α,β-unsaturated/α-hetero) is 1. The first kappa shape index (κ1) is 27.0. The Morgan fingerprint density at radius 1 is 1.22 bits per heavy atom. The van der Waals surface area contributed by atoms with E-state index < -0.39 is 29.4 Å². The lowest BCUT2D eigenvalue weighted by molar-refractivity contribution is -0.152. The summed E-state index contributed by atoms with van der Waals surface area (Å²) in [4.78, 5) is 44.9. The molecule has 1 N–H and O–H groups in total. The van der Waals surface area contributed by atoms with Crippen molar-refractivity contribution in [2.75, 3.05) is 19.8 Å². The molecule has 0 saturated carbocycles. The van der Waals surface area contributed by atoms with Crippen molar-refractivity contribution in [3.8, 4) is 5.88 Å². The van der Waals surface area contributed by atoms with Crippen LogP contribution in [-0.4, -0.2) is 64.6 Å². The Morgan fingerprint density at radius 3 is 2.68 bits per heavy atom. The van der Waals surface area contributed by atoms with Crippen LogP contribution in [0.15, 0.2) is 24.4 Å². The third kappa shape index (κ3) is 5.95. The maximum Gasteiger partial charge on any atom is 0.326 e. The van der Waals surface area contributed by atoms with Gasteiger partial charge in [-0.3, -0.25) is 9.59 Å². The summed E-state index contributed by atoms with van der Waals surface area (Å²) in [6, 6.07) is 5.11. The van der Waals surface area contributed by atoms with Crippen molar-refractivity contribution in [2.45, 2.75) is 72.4 Å². The molecule has 1 aromatic carbocycles. The van der Waals surface area contributed by atoms with Gasteiger partial charge in [0.1, 0.15) is 17.9 Å². The first-order valence-corrected chi connectivity index (χ1v) is 13.1. The van der Waals surface area contributed by atoms with E-state index in [-0.39, 0.29) is 37.0 Å². The van der Waals surface area contributed by atoms with E-state index in [9.17, 15) is 19.5 Å². The van der Waals surface area contributed by atoms with E-state index in [0.717, 1.165) is 23.6 Å². The quantitative estimate of drug-likeness (QED) is 0.613. The summed E-state index contributed by atoms with van der Waals surface area (Å²) in [6.45, 7) is 10.6. The molecule has 200 valence electrons. The van der Waals surface area contributed by atoms with E-state index in [2.05, 4.69) is 24.0 Å². The Morgan fingerprint density at radius 2 is 1.97 bits per heavy atom. The lowest BCUT2D eigenvalue weighted by atomic mass is 9.75. The fourth-order valence-electron chi connectivity index (χ4n) is 5.32. The number of amides is 1. The van der Waals surface area contributed by atoms with Crippen LogP contribution in [0.3, 0.4) is 0 Å². The van der Waals surface area contributed by atoms with Crippen molar-refractivity contribution in [2.24, 2.45) is 17.3 Å². The van der Waals surface area contributed by atoms with E-state index in [1.807, 2.05) is 33.8 Å². The number of carboxylic acid groups (broad SMARTS) is 1. The van der Waals surface area contributed by atoms with Gasteiger partial charge in [-0.2, -0.15) is 0 Å².